The van der Waals surface area contributed by atoms with Gasteiger partial charge in [0.25, 0.3) is 5.91 Å². The van der Waals surface area contributed by atoms with Crippen LogP contribution < -0.4 is 15.4 Å². The molecule has 1 aromatic heterocycles. The third-order valence-corrected chi connectivity index (χ3v) is 6.54. The van der Waals surface area contributed by atoms with E-state index in [-0.39, 0.29) is 52.1 Å². The van der Waals surface area contributed by atoms with E-state index in [1.807, 2.05) is 0 Å². The Balaban J connectivity index is 1.74. The summed E-state index contributed by atoms with van der Waals surface area (Å²) >= 11 is 21.2. The second-order valence-electron chi connectivity index (χ2n) is 7.99. The molecule has 0 saturated carbocycles. The Morgan fingerprint density at radius 3 is 2.27 bits per heavy atom. The van der Waals surface area contributed by atoms with Crippen LogP contribution in [0.4, 0.5) is 26.0 Å². The van der Waals surface area contributed by atoms with Crippen LogP contribution in [-0.2, 0) is 19.0 Å². The molecule has 0 atom stereocenters. The number of fused-ring (bicyclic) bond motifs is 1. The molecular weight excluding hydrogens is 673 g/mol. The molecule has 0 unspecified atom stereocenters. The van der Waals surface area contributed by atoms with Gasteiger partial charge in [0.1, 0.15) is 42.0 Å². The summed E-state index contributed by atoms with van der Waals surface area (Å²) in [4.78, 5) is 21.2. The number of ether oxygens (including phenoxy) is 4. The van der Waals surface area contributed by atoms with E-state index in [0.29, 0.717) is 48.4 Å². The molecule has 0 bridgehead atoms. The van der Waals surface area contributed by atoms with Crippen molar-refractivity contribution in [1.29, 1.82) is 0 Å². The summed E-state index contributed by atoms with van der Waals surface area (Å²) in [7, 11) is 0. The first-order valence-electron chi connectivity index (χ1n) is 12.2. The molecule has 0 spiro atoms. The molecule has 222 valence electrons. The molecule has 1 heterocycles. The first-order valence-corrected chi connectivity index (χ1v) is 14.4. The van der Waals surface area contributed by atoms with Crippen LogP contribution in [0, 0.1) is 5.82 Å². The maximum Gasteiger partial charge on any atom is 0.266 e. The number of nitrogens with one attached hydrogen (secondary N) is 2. The van der Waals surface area contributed by atoms with Gasteiger partial charge < -0.3 is 29.6 Å². The Kier molecular flexibility index (Phi) is 14.2. The van der Waals surface area contributed by atoms with E-state index in [1.165, 1.54) is 18.5 Å². The van der Waals surface area contributed by atoms with Crippen LogP contribution in [-0.4, -0.2) is 74.1 Å². The number of hydrogen-bond acceptors (Lipinski definition) is 8. The average Bonchev–Trinajstić information content (AvgIpc) is 2.95. The van der Waals surface area contributed by atoms with E-state index < -0.39 is 18.4 Å². The van der Waals surface area contributed by atoms with Crippen molar-refractivity contribution in [3.8, 4) is 5.75 Å². The second kappa shape index (κ2) is 17.6. The van der Waals surface area contributed by atoms with Gasteiger partial charge in [0.2, 0.25) is 0 Å². The van der Waals surface area contributed by atoms with Gasteiger partial charge in [-0.25, -0.2) is 18.7 Å². The molecule has 0 radical (unpaired) electrons. The van der Waals surface area contributed by atoms with Crippen molar-refractivity contribution in [2.75, 3.05) is 68.9 Å². The molecule has 9 nitrogen and oxygen atoms in total. The van der Waals surface area contributed by atoms with Gasteiger partial charge in [0, 0.05) is 16.8 Å². The Labute approximate surface area is 258 Å². The van der Waals surface area contributed by atoms with Crippen LogP contribution in [0.5, 0.6) is 5.75 Å². The topological polar surface area (TPSA) is 104 Å². The minimum absolute atomic E-state index is 0.0353. The number of aromatic nitrogens is 2. The van der Waals surface area contributed by atoms with Crippen LogP contribution in [0.15, 0.2) is 41.7 Å². The van der Waals surface area contributed by atoms with Gasteiger partial charge in [0.05, 0.1) is 66.6 Å². The lowest BCUT2D eigenvalue weighted by Gasteiger charge is -2.16. The normalized spacial score (nSPS) is 11.6. The fourth-order valence-electron chi connectivity index (χ4n) is 3.30. The van der Waals surface area contributed by atoms with Crippen LogP contribution in [0.3, 0.4) is 0 Å². The number of carbonyl (C=O) groups is 1. The number of anilines is 3. The summed E-state index contributed by atoms with van der Waals surface area (Å²) in [6.45, 7) is 1.18. The summed E-state index contributed by atoms with van der Waals surface area (Å²) < 4.78 is 48.2. The number of carbonyl (C=O) groups excluding carboxylic acids is 1. The van der Waals surface area contributed by atoms with Crippen LogP contribution in [0.25, 0.3) is 10.9 Å². The van der Waals surface area contributed by atoms with Gasteiger partial charge in [-0.2, -0.15) is 0 Å². The summed E-state index contributed by atoms with van der Waals surface area (Å²) in [5, 5.41) is 6.63. The first-order chi connectivity index (χ1) is 19.8. The van der Waals surface area contributed by atoms with Crippen molar-refractivity contribution in [1.82, 2.24) is 9.97 Å². The molecular formula is C26H26BrCl3F2N4O5. The Morgan fingerprint density at radius 1 is 0.927 bits per heavy atom. The van der Waals surface area contributed by atoms with Crippen LogP contribution in [0.2, 0.25) is 10.0 Å². The zero-order valence-corrected chi connectivity index (χ0v) is 25.4. The summed E-state index contributed by atoms with van der Waals surface area (Å²) in [5.74, 6) is -0.665. The van der Waals surface area contributed by atoms with Crippen molar-refractivity contribution in [3.05, 3.63) is 57.6 Å². The number of amides is 1. The molecule has 2 aromatic carbocycles. The van der Waals surface area contributed by atoms with Gasteiger partial charge in [-0.05, 0) is 24.3 Å². The first kappa shape index (κ1) is 33.2. The third-order valence-electron chi connectivity index (χ3n) is 5.17. The monoisotopic (exact) mass is 696 g/mol. The smallest absolute Gasteiger partial charge is 0.266 e. The van der Waals surface area contributed by atoms with Crippen molar-refractivity contribution in [2.24, 2.45) is 0 Å². The van der Waals surface area contributed by atoms with E-state index in [1.54, 1.807) is 12.1 Å². The van der Waals surface area contributed by atoms with Crippen molar-refractivity contribution in [2.45, 2.75) is 0 Å². The maximum absolute atomic E-state index is 14.5. The number of hydrogen-bond donors (Lipinski definition) is 2. The predicted octanol–water partition coefficient (Wildman–Crippen LogP) is 6.67. The predicted molar refractivity (Wildman–Crippen MR) is 160 cm³/mol. The molecule has 15 heteroatoms. The Morgan fingerprint density at radius 2 is 1.59 bits per heavy atom. The van der Waals surface area contributed by atoms with Gasteiger partial charge >= 0.3 is 0 Å². The van der Waals surface area contributed by atoms with Crippen LogP contribution in [0.1, 0.15) is 0 Å². The van der Waals surface area contributed by atoms with Crippen LogP contribution >= 0.6 is 50.7 Å². The number of halogens is 6. The van der Waals surface area contributed by atoms with Crippen molar-refractivity contribution in [3.63, 3.8) is 0 Å². The lowest BCUT2D eigenvalue weighted by atomic mass is 10.1. The van der Waals surface area contributed by atoms with E-state index in [4.69, 9.17) is 53.8 Å². The molecule has 0 aliphatic heterocycles. The second-order valence-corrected chi connectivity index (χ2v) is 9.86. The maximum atomic E-state index is 14.5. The largest absolute Gasteiger partial charge is 0.489 e. The highest BCUT2D eigenvalue weighted by molar-refractivity contribution is 9.09. The number of allylic oxidation sites excluding steroid dienone is 1. The molecule has 1 amide bonds. The fourth-order valence-corrected chi connectivity index (χ4v) is 4.24. The Bertz CT molecular complexity index is 1360. The minimum atomic E-state index is -0.637. The zero-order chi connectivity index (χ0) is 29.6. The quantitative estimate of drug-likeness (QED) is 0.0698. The number of rotatable bonds is 17. The van der Waals surface area contributed by atoms with E-state index >= 15 is 0 Å². The van der Waals surface area contributed by atoms with E-state index in [2.05, 4.69) is 36.5 Å². The highest BCUT2D eigenvalue weighted by atomic mass is 79.9. The molecule has 2 N–H and O–H groups in total. The summed E-state index contributed by atoms with van der Waals surface area (Å²) in [6, 6.07) is 5.61. The Hall–Kier alpha value is -2.32. The molecule has 0 aliphatic carbocycles. The van der Waals surface area contributed by atoms with Gasteiger partial charge in [-0.3, -0.25) is 4.79 Å². The highest BCUT2D eigenvalue weighted by Gasteiger charge is 2.16. The average molecular weight is 699 g/mol. The molecule has 3 rings (SSSR count). The summed E-state index contributed by atoms with van der Waals surface area (Å²) in [5.41, 5.74) is 0.761. The molecule has 3 aromatic rings. The minimum Gasteiger partial charge on any atom is -0.489 e. The van der Waals surface area contributed by atoms with Gasteiger partial charge in [-0.1, -0.05) is 50.7 Å². The zero-order valence-electron chi connectivity index (χ0n) is 21.5. The lowest BCUT2D eigenvalue weighted by molar-refractivity contribution is -0.112. The standard InChI is InChI=1S/C26H26BrCl3F2N4O5/c27-2-1-17(28)26(37)36-23-11-16-21(14-24(23)41-10-9-40-8-7-39-6-5-38-4-3-31)33-15-34-25(16)35-22-13-19(30)18(29)12-20(22)32/h1,11-15H,2-10H2,(H,36,37)(H,33,34,35). The third kappa shape index (κ3) is 10.5. The number of alkyl halides is 2. The fraction of sp³-hybridized carbons (Fsp3) is 0.346. The van der Waals surface area contributed by atoms with Crippen molar-refractivity contribution < 1.29 is 32.5 Å². The SMILES string of the molecule is O=C(Nc1cc2c(Nc3cc(Cl)c(Cl)cc3F)ncnc2cc1OCCOCCOCCOCCF)C(Cl)=CCBr. The van der Waals surface area contributed by atoms with Gasteiger partial charge in [-0.15, -0.1) is 0 Å². The molecule has 0 saturated heterocycles. The molecule has 0 aliphatic rings. The molecule has 0 fully saturated rings. The molecule has 41 heavy (non-hydrogen) atoms. The van der Waals surface area contributed by atoms with Crippen molar-refractivity contribution >= 4 is 84.7 Å². The van der Waals surface area contributed by atoms with E-state index in [0.717, 1.165) is 6.07 Å². The van der Waals surface area contributed by atoms with Gasteiger partial charge in [0.15, 0.2) is 0 Å². The number of nitrogens with zero attached hydrogens (tertiary/aromatic N) is 2. The van der Waals surface area contributed by atoms with E-state index in [9.17, 15) is 13.6 Å². The lowest BCUT2D eigenvalue weighted by Crippen LogP contribution is -2.15. The number of benzene rings is 2. The summed E-state index contributed by atoms with van der Waals surface area (Å²) in [6.07, 6.45) is 2.79. The highest BCUT2D eigenvalue weighted by Crippen LogP contribution is 2.35.